The number of thiazole rings is 1. The lowest BCUT2D eigenvalue weighted by molar-refractivity contribution is -0.118. The quantitative estimate of drug-likeness (QED) is 0.771. The van der Waals surface area contributed by atoms with E-state index in [1.54, 1.807) is 17.6 Å². The first kappa shape index (κ1) is 21.6. The third kappa shape index (κ3) is 6.72. The minimum absolute atomic E-state index is 0. The number of aromatic nitrogens is 1. The fourth-order valence-electron chi connectivity index (χ4n) is 1.64. The molecule has 0 spiro atoms. The Morgan fingerprint density at radius 3 is 2.78 bits per heavy atom. The summed E-state index contributed by atoms with van der Waals surface area (Å²) in [5.74, 6) is 0.255. The highest BCUT2D eigenvalue weighted by molar-refractivity contribution is 7.07. The molecule has 0 fully saturated rings. The van der Waals surface area contributed by atoms with Crippen molar-refractivity contribution in [3.8, 4) is 5.75 Å². The van der Waals surface area contributed by atoms with Crippen LogP contribution in [0, 0.1) is 0 Å². The van der Waals surface area contributed by atoms with Gasteiger partial charge >= 0.3 is 0 Å². The summed E-state index contributed by atoms with van der Waals surface area (Å²) in [7, 11) is 1.50. The minimum atomic E-state index is -0.721. The third-order valence-corrected chi connectivity index (χ3v) is 3.32. The number of nitrogens with zero attached hydrogens (tertiary/aromatic N) is 1. The van der Waals surface area contributed by atoms with Crippen LogP contribution in [0.25, 0.3) is 0 Å². The first-order valence-electron chi connectivity index (χ1n) is 6.35. The van der Waals surface area contributed by atoms with Crippen LogP contribution >= 0.6 is 36.2 Å². The van der Waals surface area contributed by atoms with Gasteiger partial charge in [-0.15, -0.1) is 36.2 Å². The molecular formula is C14H19Cl2N3O3S. The van der Waals surface area contributed by atoms with Crippen molar-refractivity contribution in [2.24, 2.45) is 5.73 Å². The summed E-state index contributed by atoms with van der Waals surface area (Å²) >= 11 is 1.51. The Bertz CT molecular complexity index is 584. The summed E-state index contributed by atoms with van der Waals surface area (Å²) in [5, 5.41) is 4.65. The van der Waals surface area contributed by atoms with Crippen LogP contribution in [0.15, 0.2) is 35.2 Å². The highest BCUT2D eigenvalue weighted by atomic mass is 35.5. The molecule has 1 heterocycles. The lowest BCUT2D eigenvalue weighted by atomic mass is 10.2. The number of amides is 1. The lowest BCUT2D eigenvalue weighted by Gasteiger charge is -2.14. The van der Waals surface area contributed by atoms with E-state index in [-0.39, 0.29) is 37.3 Å². The van der Waals surface area contributed by atoms with Gasteiger partial charge in [-0.1, -0.05) is 12.1 Å². The molecule has 0 bridgehead atoms. The fourth-order valence-corrected chi connectivity index (χ4v) is 2.18. The number of nitrogens with two attached hydrogens (primary N) is 1. The van der Waals surface area contributed by atoms with Crippen molar-refractivity contribution < 1.29 is 14.3 Å². The molecule has 1 atom stereocenters. The van der Waals surface area contributed by atoms with Crippen LogP contribution < -0.4 is 15.8 Å². The molecular weight excluding hydrogens is 361 g/mol. The topological polar surface area (TPSA) is 86.5 Å². The van der Waals surface area contributed by atoms with E-state index in [2.05, 4.69) is 10.3 Å². The van der Waals surface area contributed by atoms with Crippen LogP contribution in [0.3, 0.4) is 0 Å². The number of benzene rings is 1. The standard InChI is InChI=1S/C14H17N3O3S.2ClH/c1-19-7-11(15)14(18)17-12-4-2-3-5-13(12)20-6-10-8-21-9-16-10;;/h2-5,8-9,11H,6-7,15H2,1H3,(H,17,18);2*1H. The Morgan fingerprint density at radius 1 is 1.39 bits per heavy atom. The highest BCUT2D eigenvalue weighted by Gasteiger charge is 2.15. The molecule has 0 saturated carbocycles. The predicted molar refractivity (Wildman–Crippen MR) is 95.9 cm³/mol. The van der Waals surface area contributed by atoms with Crippen molar-refractivity contribution in [3.63, 3.8) is 0 Å². The maximum atomic E-state index is 11.9. The van der Waals surface area contributed by atoms with E-state index in [0.717, 1.165) is 5.69 Å². The number of hydrogen-bond acceptors (Lipinski definition) is 6. The number of anilines is 1. The van der Waals surface area contributed by atoms with Crippen LogP contribution in [-0.4, -0.2) is 30.6 Å². The third-order valence-electron chi connectivity index (χ3n) is 2.69. The van der Waals surface area contributed by atoms with Crippen LogP contribution in [0.1, 0.15) is 5.69 Å². The van der Waals surface area contributed by atoms with Crippen molar-refractivity contribution in [3.05, 3.63) is 40.8 Å². The van der Waals surface area contributed by atoms with Crippen LogP contribution in [-0.2, 0) is 16.1 Å². The van der Waals surface area contributed by atoms with E-state index in [1.807, 2.05) is 17.5 Å². The molecule has 9 heteroatoms. The number of halogens is 2. The van der Waals surface area contributed by atoms with Gasteiger partial charge in [0.1, 0.15) is 18.4 Å². The number of methoxy groups -OCH3 is 1. The van der Waals surface area contributed by atoms with Gasteiger partial charge in [-0.05, 0) is 12.1 Å². The van der Waals surface area contributed by atoms with Crippen LogP contribution in [0.2, 0.25) is 0 Å². The Morgan fingerprint density at radius 2 is 2.13 bits per heavy atom. The van der Waals surface area contributed by atoms with Gasteiger partial charge in [-0.3, -0.25) is 4.79 Å². The zero-order chi connectivity index (χ0) is 15.1. The summed E-state index contributed by atoms with van der Waals surface area (Å²) in [4.78, 5) is 16.0. The molecule has 1 amide bonds. The second-order valence-corrected chi connectivity index (χ2v) is 5.03. The Balaban J connectivity index is 0.00000242. The molecule has 3 N–H and O–H groups in total. The molecule has 6 nitrogen and oxygen atoms in total. The second-order valence-electron chi connectivity index (χ2n) is 4.32. The number of carbonyl (C=O) groups is 1. The second kappa shape index (κ2) is 11.2. The zero-order valence-electron chi connectivity index (χ0n) is 12.4. The van der Waals surface area contributed by atoms with Gasteiger partial charge < -0.3 is 20.5 Å². The summed E-state index contributed by atoms with van der Waals surface area (Å²) < 4.78 is 10.5. The summed E-state index contributed by atoms with van der Waals surface area (Å²) in [5.41, 5.74) is 8.85. The lowest BCUT2D eigenvalue weighted by Crippen LogP contribution is -2.39. The number of nitrogens with one attached hydrogen (secondary N) is 1. The number of rotatable bonds is 7. The number of carbonyl (C=O) groups excluding carboxylic acids is 1. The Labute approximate surface area is 151 Å². The number of hydrogen-bond donors (Lipinski definition) is 2. The smallest absolute Gasteiger partial charge is 0.243 e. The average Bonchev–Trinajstić information content (AvgIpc) is 3.00. The maximum Gasteiger partial charge on any atom is 0.243 e. The van der Waals surface area contributed by atoms with Crippen molar-refractivity contribution in [1.29, 1.82) is 0 Å². The van der Waals surface area contributed by atoms with E-state index >= 15 is 0 Å². The van der Waals surface area contributed by atoms with E-state index in [1.165, 1.54) is 18.4 Å². The predicted octanol–water partition coefficient (Wildman–Crippen LogP) is 2.48. The fraction of sp³-hybridized carbons (Fsp3) is 0.286. The molecule has 1 unspecified atom stereocenters. The van der Waals surface area contributed by atoms with Gasteiger partial charge in [-0.25, -0.2) is 4.98 Å². The highest BCUT2D eigenvalue weighted by Crippen LogP contribution is 2.24. The van der Waals surface area contributed by atoms with E-state index in [0.29, 0.717) is 18.0 Å². The van der Waals surface area contributed by atoms with Gasteiger partial charge in [-0.2, -0.15) is 0 Å². The molecule has 128 valence electrons. The largest absolute Gasteiger partial charge is 0.485 e. The van der Waals surface area contributed by atoms with Gasteiger partial charge in [0.2, 0.25) is 5.91 Å². The average molecular weight is 380 g/mol. The minimum Gasteiger partial charge on any atom is -0.485 e. The van der Waals surface area contributed by atoms with E-state index < -0.39 is 6.04 Å². The van der Waals surface area contributed by atoms with Crippen molar-refractivity contribution in [2.75, 3.05) is 19.0 Å². The molecule has 0 aliphatic rings. The molecule has 0 aliphatic carbocycles. The number of para-hydroxylation sites is 2. The zero-order valence-corrected chi connectivity index (χ0v) is 14.9. The molecule has 0 radical (unpaired) electrons. The van der Waals surface area contributed by atoms with Gasteiger partial charge in [0.15, 0.2) is 0 Å². The molecule has 1 aromatic heterocycles. The van der Waals surface area contributed by atoms with E-state index in [4.69, 9.17) is 15.2 Å². The molecule has 1 aromatic carbocycles. The monoisotopic (exact) mass is 379 g/mol. The van der Waals surface area contributed by atoms with E-state index in [9.17, 15) is 4.79 Å². The molecule has 2 aromatic rings. The summed E-state index contributed by atoms with van der Waals surface area (Å²) in [6, 6.07) is 6.47. The van der Waals surface area contributed by atoms with Crippen LogP contribution in [0.4, 0.5) is 5.69 Å². The molecule has 0 saturated heterocycles. The van der Waals surface area contributed by atoms with Crippen molar-refractivity contribution in [1.82, 2.24) is 4.98 Å². The van der Waals surface area contributed by atoms with Crippen molar-refractivity contribution in [2.45, 2.75) is 12.6 Å². The van der Waals surface area contributed by atoms with Crippen LogP contribution in [0.5, 0.6) is 5.75 Å². The normalized spacial score (nSPS) is 10.9. The Hall–Kier alpha value is -1.38. The molecule has 23 heavy (non-hydrogen) atoms. The van der Waals surface area contributed by atoms with Crippen molar-refractivity contribution >= 4 is 47.7 Å². The summed E-state index contributed by atoms with van der Waals surface area (Å²) in [6.45, 7) is 0.508. The first-order chi connectivity index (χ1) is 10.2. The first-order valence-corrected chi connectivity index (χ1v) is 7.29. The van der Waals surface area contributed by atoms with Gasteiger partial charge in [0.25, 0.3) is 0 Å². The Kier molecular flexibility index (Phi) is 10.5. The van der Waals surface area contributed by atoms with Gasteiger partial charge in [0.05, 0.1) is 23.5 Å². The van der Waals surface area contributed by atoms with Gasteiger partial charge in [0, 0.05) is 12.5 Å². The SMILES string of the molecule is COCC(N)C(=O)Nc1ccccc1OCc1cscn1.Cl.Cl. The summed E-state index contributed by atoms with van der Waals surface area (Å²) in [6.07, 6.45) is 0. The maximum absolute atomic E-state index is 11.9. The molecule has 0 aliphatic heterocycles. The molecule has 2 rings (SSSR count). The number of ether oxygens (including phenoxy) is 2.